The van der Waals surface area contributed by atoms with Gasteiger partial charge in [-0.1, -0.05) is 19.9 Å². The van der Waals surface area contributed by atoms with Crippen LogP contribution in [0.4, 0.5) is 0 Å². The topological polar surface area (TPSA) is 52.6 Å². The number of Topliss-reactive ketones (excluding diaryl/α,β-unsaturated/α-hetero) is 1. The minimum atomic E-state index is -0.737. The van der Waals surface area contributed by atoms with E-state index < -0.39 is 5.60 Å². The maximum absolute atomic E-state index is 12.3. The monoisotopic (exact) mass is 294 g/mol. The zero-order valence-corrected chi connectivity index (χ0v) is 13.3. The first-order valence-electron chi connectivity index (χ1n) is 7.75. The van der Waals surface area contributed by atoms with Crippen molar-refractivity contribution < 1.29 is 19.1 Å². The highest BCUT2D eigenvalue weighted by atomic mass is 16.6. The minimum Gasteiger partial charge on any atom is -0.456 e. The zero-order valence-electron chi connectivity index (χ0n) is 13.3. The number of hydrogen-bond donors (Lipinski definition) is 0. The van der Waals surface area contributed by atoms with Crippen molar-refractivity contribution in [2.45, 2.75) is 64.6 Å². The Balaban J connectivity index is 2.11. The van der Waals surface area contributed by atoms with Crippen LogP contribution in [0.15, 0.2) is 12.7 Å². The second-order valence-corrected chi connectivity index (χ2v) is 7.11. The minimum absolute atomic E-state index is 0.147. The van der Waals surface area contributed by atoms with Crippen molar-refractivity contribution in [3.05, 3.63) is 12.7 Å². The molecule has 0 bridgehead atoms. The Bertz CT molecular complexity index is 440. The van der Waals surface area contributed by atoms with Crippen LogP contribution in [0.3, 0.4) is 0 Å². The molecule has 0 saturated heterocycles. The van der Waals surface area contributed by atoms with Crippen LogP contribution in [0.25, 0.3) is 0 Å². The normalized spacial score (nSPS) is 33.8. The van der Waals surface area contributed by atoms with E-state index in [1.807, 2.05) is 6.08 Å². The Hall–Kier alpha value is -1.16. The van der Waals surface area contributed by atoms with Crippen molar-refractivity contribution >= 4 is 11.8 Å². The largest absolute Gasteiger partial charge is 0.456 e. The van der Waals surface area contributed by atoms with E-state index in [2.05, 4.69) is 20.4 Å². The lowest BCUT2D eigenvalue weighted by Crippen LogP contribution is -2.69. The summed E-state index contributed by atoms with van der Waals surface area (Å²) in [6, 6.07) is 0. The molecule has 118 valence electrons. The highest BCUT2D eigenvalue weighted by molar-refractivity contribution is 5.86. The molecular weight excluding hydrogens is 268 g/mol. The third-order valence-electron chi connectivity index (χ3n) is 4.59. The number of hydrogen-bond acceptors (Lipinski definition) is 4. The average Bonchev–Trinajstić information content (AvgIpc) is 2.33. The predicted octanol–water partition coefficient (Wildman–Crippen LogP) is 3.05. The molecule has 0 radical (unpaired) electrons. The fraction of sp³-hybridized carbons (Fsp3) is 0.765. The van der Waals surface area contributed by atoms with Crippen molar-refractivity contribution in [2.24, 2.45) is 11.3 Å². The maximum Gasteiger partial charge on any atom is 0.303 e. The Morgan fingerprint density at radius 3 is 2.81 bits per heavy atom. The van der Waals surface area contributed by atoms with Crippen LogP contribution >= 0.6 is 0 Å². The molecule has 0 aliphatic heterocycles. The van der Waals surface area contributed by atoms with E-state index in [-0.39, 0.29) is 29.2 Å². The highest BCUT2D eigenvalue weighted by Gasteiger charge is 2.65. The summed E-state index contributed by atoms with van der Waals surface area (Å²) in [5.74, 6) is -0.304. The van der Waals surface area contributed by atoms with Gasteiger partial charge >= 0.3 is 5.97 Å². The molecule has 0 heterocycles. The van der Waals surface area contributed by atoms with Crippen molar-refractivity contribution in [2.75, 3.05) is 6.61 Å². The summed E-state index contributed by atoms with van der Waals surface area (Å²) in [6.45, 7) is 9.82. The van der Waals surface area contributed by atoms with E-state index in [1.165, 1.54) is 6.92 Å². The Labute approximate surface area is 126 Å². The summed E-state index contributed by atoms with van der Waals surface area (Å²) in [5.41, 5.74) is -0.884. The molecule has 4 heteroatoms. The molecule has 2 saturated carbocycles. The number of fused-ring (bicyclic) bond motifs is 1. The Morgan fingerprint density at radius 2 is 2.19 bits per heavy atom. The third-order valence-corrected chi connectivity index (χ3v) is 4.59. The number of rotatable bonds is 6. The van der Waals surface area contributed by atoms with E-state index in [0.29, 0.717) is 25.9 Å². The van der Waals surface area contributed by atoms with E-state index in [1.54, 1.807) is 0 Å². The van der Waals surface area contributed by atoms with Gasteiger partial charge in [-0.3, -0.25) is 9.59 Å². The van der Waals surface area contributed by atoms with Crippen LogP contribution in [0.1, 0.15) is 52.9 Å². The van der Waals surface area contributed by atoms with E-state index >= 15 is 0 Å². The number of allylic oxidation sites excluding steroid dienone is 1. The van der Waals surface area contributed by atoms with Gasteiger partial charge in [0.25, 0.3) is 0 Å². The first-order chi connectivity index (χ1) is 9.81. The van der Waals surface area contributed by atoms with Crippen molar-refractivity contribution in [3.63, 3.8) is 0 Å². The van der Waals surface area contributed by atoms with Gasteiger partial charge in [0.05, 0.1) is 12.0 Å². The SMILES string of the molecule is C=CCCCOC1CC2C(=O)CC(C)(C)CC12OC(C)=O. The van der Waals surface area contributed by atoms with Gasteiger partial charge in [0.1, 0.15) is 11.4 Å². The third kappa shape index (κ3) is 3.20. The molecule has 0 aromatic heterocycles. The number of esters is 1. The second kappa shape index (κ2) is 5.91. The number of carbonyl (C=O) groups excluding carboxylic acids is 2. The Kier molecular flexibility index (Phi) is 4.57. The van der Waals surface area contributed by atoms with Crippen LogP contribution in [0.5, 0.6) is 0 Å². The van der Waals surface area contributed by atoms with Crippen molar-refractivity contribution in [1.82, 2.24) is 0 Å². The maximum atomic E-state index is 12.3. The molecular formula is C17H26O4. The zero-order chi connectivity index (χ0) is 15.7. The molecule has 0 amide bonds. The molecule has 3 atom stereocenters. The lowest BCUT2D eigenvalue weighted by Gasteiger charge is -2.58. The Morgan fingerprint density at radius 1 is 1.48 bits per heavy atom. The molecule has 2 aliphatic carbocycles. The second-order valence-electron chi connectivity index (χ2n) is 7.11. The summed E-state index contributed by atoms with van der Waals surface area (Å²) < 4.78 is 11.6. The smallest absolute Gasteiger partial charge is 0.303 e. The molecule has 0 spiro atoms. The van der Waals surface area contributed by atoms with Gasteiger partial charge in [0.15, 0.2) is 0 Å². The average molecular weight is 294 g/mol. The van der Waals surface area contributed by atoms with Crippen LogP contribution in [0.2, 0.25) is 0 Å². The molecule has 2 fully saturated rings. The van der Waals surface area contributed by atoms with Gasteiger partial charge in [-0.15, -0.1) is 6.58 Å². The van der Waals surface area contributed by atoms with Crippen LogP contribution in [-0.4, -0.2) is 30.1 Å². The number of ketones is 1. The molecule has 4 nitrogen and oxygen atoms in total. The van der Waals surface area contributed by atoms with E-state index in [0.717, 1.165) is 12.8 Å². The molecule has 2 rings (SSSR count). The van der Waals surface area contributed by atoms with Gasteiger partial charge < -0.3 is 9.47 Å². The molecule has 2 aliphatic rings. The predicted molar refractivity (Wildman–Crippen MR) is 79.8 cm³/mol. The summed E-state index contributed by atoms with van der Waals surface area (Å²) in [4.78, 5) is 23.9. The molecule has 0 aromatic carbocycles. The van der Waals surface area contributed by atoms with Crippen LogP contribution < -0.4 is 0 Å². The van der Waals surface area contributed by atoms with Gasteiger partial charge in [0.2, 0.25) is 0 Å². The van der Waals surface area contributed by atoms with E-state index in [9.17, 15) is 9.59 Å². The lowest BCUT2D eigenvalue weighted by molar-refractivity contribution is -0.249. The summed E-state index contributed by atoms with van der Waals surface area (Å²) >= 11 is 0. The number of carbonyl (C=O) groups is 2. The molecule has 21 heavy (non-hydrogen) atoms. The number of ether oxygens (including phenoxy) is 2. The molecule has 0 aromatic rings. The first-order valence-corrected chi connectivity index (χ1v) is 7.75. The fourth-order valence-corrected chi connectivity index (χ4v) is 3.83. The summed E-state index contributed by atoms with van der Waals surface area (Å²) in [6.07, 6.45) is 5.45. The highest BCUT2D eigenvalue weighted by Crippen LogP contribution is 2.56. The van der Waals surface area contributed by atoms with Crippen LogP contribution in [0, 0.1) is 11.3 Å². The fourth-order valence-electron chi connectivity index (χ4n) is 3.83. The summed E-state index contributed by atoms with van der Waals surface area (Å²) in [7, 11) is 0. The van der Waals surface area contributed by atoms with Crippen LogP contribution in [-0.2, 0) is 19.1 Å². The van der Waals surface area contributed by atoms with Crippen molar-refractivity contribution in [3.8, 4) is 0 Å². The lowest BCUT2D eigenvalue weighted by atomic mass is 9.53. The summed E-state index contributed by atoms with van der Waals surface area (Å²) in [5, 5.41) is 0. The standard InChI is InChI=1S/C17H26O4/c1-5-6-7-8-20-15-9-13-14(19)10-16(3,4)11-17(13,15)21-12(2)18/h5,13,15H,1,6-11H2,2-4H3. The number of unbranched alkanes of at least 4 members (excludes halogenated alkanes) is 1. The molecule has 0 N–H and O–H groups in total. The quantitative estimate of drug-likeness (QED) is 0.429. The van der Waals surface area contributed by atoms with Gasteiger partial charge in [-0.05, 0) is 31.1 Å². The van der Waals surface area contributed by atoms with Gasteiger partial charge in [-0.2, -0.15) is 0 Å². The van der Waals surface area contributed by atoms with E-state index in [4.69, 9.17) is 9.47 Å². The first kappa shape index (κ1) is 16.2. The van der Waals surface area contributed by atoms with Gasteiger partial charge in [0, 0.05) is 20.0 Å². The van der Waals surface area contributed by atoms with Gasteiger partial charge in [-0.25, -0.2) is 0 Å². The molecule has 3 unspecified atom stereocenters. The van der Waals surface area contributed by atoms with Crippen molar-refractivity contribution in [1.29, 1.82) is 0 Å².